The Morgan fingerprint density at radius 2 is 1.56 bits per heavy atom. The van der Waals surface area contributed by atoms with Gasteiger partial charge in [-0.05, 0) is 39.8 Å². The number of aryl methyl sites for hydroxylation is 1. The molecule has 0 aliphatic carbocycles. The number of rotatable bonds is 6. The number of nitrogens with zero attached hydrogens (tertiary/aromatic N) is 4. The third-order valence-electron chi connectivity index (χ3n) is 4.38. The number of carbonyl (C=O) groups excluding carboxylic acids is 1. The highest BCUT2D eigenvalue weighted by Gasteiger charge is 2.30. The van der Waals surface area contributed by atoms with Crippen LogP contribution in [0.1, 0.15) is 36.8 Å². The van der Waals surface area contributed by atoms with E-state index >= 15 is 0 Å². The predicted molar refractivity (Wildman–Crippen MR) is 117 cm³/mol. The van der Waals surface area contributed by atoms with Gasteiger partial charge in [0, 0.05) is 12.1 Å². The lowest BCUT2D eigenvalue weighted by molar-refractivity contribution is -0.387. The Morgan fingerprint density at radius 1 is 1.00 bits per heavy atom. The van der Waals surface area contributed by atoms with E-state index in [1.54, 1.807) is 25.1 Å². The zero-order chi connectivity index (χ0) is 23.6. The van der Waals surface area contributed by atoms with Crippen LogP contribution in [0.15, 0.2) is 58.3 Å². The van der Waals surface area contributed by atoms with E-state index in [9.17, 15) is 25.0 Å². The molecule has 2 aromatic carbocycles. The second-order valence-corrected chi connectivity index (χ2v) is 8.85. The first-order valence-electron chi connectivity index (χ1n) is 9.47. The van der Waals surface area contributed by atoms with Gasteiger partial charge in [0.05, 0.1) is 30.9 Å². The summed E-state index contributed by atoms with van der Waals surface area (Å²) in [5, 5.41) is 27.2. The molecular formula is C21H20N4O6S. The third kappa shape index (κ3) is 4.62. The molecule has 32 heavy (non-hydrogen) atoms. The third-order valence-corrected chi connectivity index (χ3v) is 5.62. The van der Waals surface area contributed by atoms with Crippen LogP contribution in [0.3, 0.4) is 0 Å². The molecule has 0 radical (unpaired) electrons. The van der Waals surface area contributed by atoms with Crippen molar-refractivity contribution < 1.29 is 19.4 Å². The Kier molecular flexibility index (Phi) is 6.30. The quantitative estimate of drug-likeness (QED) is 0.283. The highest BCUT2D eigenvalue weighted by molar-refractivity contribution is 7.99. The Labute approximate surface area is 187 Å². The number of benzene rings is 2. The van der Waals surface area contributed by atoms with Crippen LogP contribution in [-0.4, -0.2) is 25.6 Å². The summed E-state index contributed by atoms with van der Waals surface area (Å²) in [5.74, 6) is -0.867. The van der Waals surface area contributed by atoms with Crippen molar-refractivity contribution in [1.82, 2.24) is 9.78 Å². The molecule has 11 heteroatoms. The minimum atomic E-state index is -0.924. The maximum absolute atomic E-state index is 12.9. The fourth-order valence-electron chi connectivity index (χ4n) is 2.91. The van der Waals surface area contributed by atoms with Gasteiger partial charge in [-0.15, -0.1) is 0 Å². The molecule has 0 saturated heterocycles. The molecule has 1 heterocycles. The fourth-order valence-corrected chi connectivity index (χ4v) is 3.92. The van der Waals surface area contributed by atoms with Crippen molar-refractivity contribution in [1.29, 1.82) is 0 Å². The minimum absolute atomic E-state index is 0.0568. The highest BCUT2D eigenvalue weighted by Crippen LogP contribution is 2.43. The summed E-state index contributed by atoms with van der Waals surface area (Å²) in [6, 6.07) is 11.7. The molecule has 0 fully saturated rings. The molecule has 3 rings (SSSR count). The van der Waals surface area contributed by atoms with Gasteiger partial charge < -0.3 is 4.74 Å². The summed E-state index contributed by atoms with van der Waals surface area (Å²) < 4.78 is 7.13. The summed E-state index contributed by atoms with van der Waals surface area (Å²) in [4.78, 5) is 35.3. The van der Waals surface area contributed by atoms with Gasteiger partial charge in [0.2, 0.25) is 5.88 Å². The van der Waals surface area contributed by atoms with E-state index < -0.39 is 21.4 Å². The van der Waals surface area contributed by atoms with Crippen LogP contribution in [0.4, 0.5) is 11.4 Å². The number of nitro groups is 2. The monoisotopic (exact) mass is 456 g/mol. The van der Waals surface area contributed by atoms with Crippen LogP contribution in [0.2, 0.25) is 0 Å². The van der Waals surface area contributed by atoms with Gasteiger partial charge in [-0.3, -0.25) is 20.2 Å². The zero-order valence-electron chi connectivity index (χ0n) is 17.8. The van der Waals surface area contributed by atoms with Gasteiger partial charge in [0.1, 0.15) is 5.56 Å². The Bertz CT molecular complexity index is 1220. The van der Waals surface area contributed by atoms with E-state index in [4.69, 9.17) is 4.74 Å². The standard InChI is InChI=1S/C21H20N4O6S/c1-13-18(32-17-12-8-7-11-16(17)25(29)30)19(23(22-13)21(2,3)4)31-20(26)14-9-5-6-10-15(14)24(27)28/h5-12H,1-4H3. The molecule has 0 aliphatic heterocycles. The average molecular weight is 456 g/mol. The van der Waals surface area contributed by atoms with Gasteiger partial charge in [0.15, 0.2) is 0 Å². The van der Waals surface area contributed by atoms with Gasteiger partial charge in [-0.25, -0.2) is 9.48 Å². The molecule has 0 bridgehead atoms. The van der Waals surface area contributed by atoms with E-state index in [1.807, 2.05) is 20.8 Å². The van der Waals surface area contributed by atoms with E-state index in [0.29, 0.717) is 15.5 Å². The van der Waals surface area contributed by atoms with Gasteiger partial charge >= 0.3 is 5.97 Å². The van der Waals surface area contributed by atoms with Crippen molar-refractivity contribution >= 4 is 29.1 Å². The zero-order valence-corrected chi connectivity index (χ0v) is 18.6. The second kappa shape index (κ2) is 8.79. The van der Waals surface area contributed by atoms with Gasteiger partial charge in [0.25, 0.3) is 11.4 Å². The summed E-state index contributed by atoms with van der Waals surface area (Å²) in [6.07, 6.45) is 0. The van der Waals surface area contributed by atoms with E-state index in [2.05, 4.69) is 5.10 Å². The molecule has 0 aliphatic rings. The molecule has 0 N–H and O–H groups in total. The Morgan fingerprint density at radius 3 is 2.16 bits per heavy atom. The minimum Gasteiger partial charge on any atom is -0.403 e. The number of hydrogen-bond donors (Lipinski definition) is 0. The van der Waals surface area contributed by atoms with Crippen LogP contribution in [0.25, 0.3) is 0 Å². The lowest BCUT2D eigenvalue weighted by atomic mass is 10.1. The van der Waals surface area contributed by atoms with Crippen molar-refractivity contribution in [2.75, 3.05) is 0 Å². The maximum Gasteiger partial charge on any atom is 0.351 e. The van der Waals surface area contributed by atoms with Crippen LogP contribution in [0.5, 0.6) is 5.88 Å². The maximum atomic E-state index is 12.9. The first kappa shape index (κ1) is 22.9. The number of ether oxygens (including phenoxy) is 1. The number of esters is 1. The van der Waals surface area contributed by atoms with E-state index in [-0.39, 0.29) is 22.8 Å². The largest absolute Gasteiger partial charge is 0.403 e. The summed E-state index contributed by atoms with van der Waals surface area (Å²) in [5.41, 5.74) is -0.808. The van der Waals surface area contributed by atoms with E-state index in [1.165, 1.54) is 35.0 Å². The first-order valence-corrected chi connectivity index (χ1v) is 10.3. The molecule has 1 aromatic heterocycles. The summed E-state index contributed by atoms with van der Waals surface area (Å²) in [6.45, 7) is 7.24. The second-order valence-electron chi connectivity index (χ2n) is 7.79. The van der Waals surface area contributed by atoms with Crippen molar-refractivity contribution in [3.63, 3.8) is 0 Å². The molecule has 0 unspecified atom stereocenters. The fraction of sp³-hybridized carbons (Fsp3) is 0.238. The molecule has 0 saturated carbocycles. The molecule has 0 atom stereocenters. The molecule has 10 nitrogen and oxygen atoms in total. The predicted octanol–water partition coefficient (Wildman–Crippen LogP) is 5.13. The van der Waals surface area contributed by atoms with Crippen LogP contribution in [0, 0.1) is 27.2 Å². The first-order chi connectivity index (χ1) is 15.0. The number of nitro benzene ring substituents is 2. The summed E-state index contributed by atoms with van der Waals surface area (Å²) in [7, 11) is 0. The lowest BCUT2D eigenvalue weighted by Crippen LogP contribution is -2.25. The number of aromatic nitrogens is 2. The van der Waals surface area contributed by atoms with Crippen molar-refractivity contribution in [2.45, 2.75) is 43.0 Å². The molecule has 3 aromatic rings. The smallest absolute Gasteiger partial charge is 0.351 e. The average Bonchev–Trinajstić information content (AvgIpc) is 3.04. The number of hydrogen-bond acceptors (Lipinski definition) is 8. The van der Waals surface area contributed by atoms with Crippen LogP contribution in [-0.2, 0) is 5.54 Å². The molecule has 166 valence electrons. The van der Waals surface area contributed by atoms with E-state index in [0.717, 1.165) is 11.8 Å². The molecular weight excluding hydrogens is 436 g/mol. The summed E-state index contributed by atoms with van der Waals surface area (Å²) >= 11 is 1.04. The molecule has 0 amide bonds. The van der Waals surface area contributed by atoms with Crippen molar-refractivity contribution in [3.05, 3.63) is 80.0 Å². The van der Waals surface area contributed by atoms with Crippen molar-refractivity contribution in [2.24, 2.45) is 0 Å². The van der Waals surface area contributed by atoms with Crippen LogP contribution >= 0.6 is 11.8 Å². The topological polar surface area (TPSA) is 130 Å². The lowest BCUT2D eigenvalue weighted by Gasteiger charge is -2.22. The Balaban J connectivity index is 2.10. The SMILES string of the molecule is Cc1nn(C(C)(C)C)c(OC(=O)c2ccccc2[N+](=O)[O-])c1Sc1ccccc1[N+](=O)[O-]. The van der Waals surface area contributed by atoms with Crippen molar-refractivity contribution in [3.8, 4) is 5.88 Å². The number of carbonyl (C=O) groups is 1. The van der Waals surface area contributed by atoms with Gasteiger partial charge in [-0.2, -0.15) is 5.10 Å². The molecule has 0 spiro atoms. The van der Waals surface area contributed by atoms with Crippen LogP contribution < -0.4 is 4.74 Å². The highest BCUT2D eigenvalue weighted by atomic mass is 32.2. The Hall–Kier alpha value is -3.73. The van der Waals surface area contributed by atoms with Gasteiger partial charge in [-0.1, -0.05) is 36.0 Å². The number of para-hydroxylation sites is 2. The normalized spacial score (nSPS) is 11.2.